The van der Waals surface area contributed by atoms with Crippen molar-refractivity contribution in [2.75, 3.05) is 17.7 Å². The molecule has 0 atom stereocenters. The molecule has 0 aliphatic rings. The fraction of sp³-hybridized carbons (Fsp3) is 0.0606. The molecular weight excluding hydrogens is 874 g/mol. The summed E-state index contributed by atoms with van der Waals surface area (Å²) < 4.78 is 119. The van der Waals surface area contributed by atoms with Gasteiger partial charge in [-0.25, -0.2) is 0 Å². The number of aryl methyl sites for hydroxylation is 1. The van der Waals surface area contributed by atoms with Gasteiger partial charge in [0.25, 0.3) is 30.4 Å². The second kappa shape index (κ2) is 16.4. The van der Waals surface area contributed by atoms with Gasteiger partial charge in [0.1, 0.15) is 15.5 Å². The van der Waals surface area contributed by atoms with E-state index in [1.807, 2.05) is 0 Å². The molecule has 0 saturated carbocycles. The van der Waals surface area contributed by atoms with Crippen LogP contribution in [0, 0.1) is 6.92 Å². The normalized spacial score (nSPS) is 12.7. The predicted octanol–water partition coefficient (Wildman–Crippen LogP) is 5.91. The first-order chi connectivity index (χ1) is 28.0. The fourth-order valence-corrected chi connectivity index (χ4v) is 8.00. The molecule has 0 bridgehead atoms. The lowest BCUT2D eigenvalue weighted by molar-refractivity contribution is 0.387. The Bertz CT molecular complexity index is 3170. The van der Waals surface area contributed by atoms with Crippen LogP contribution in [0.5, 0.6) is 11.8 Å². The number of ether oxygens (including phenoxy) is 1. The molecule has 312 valence electrons. The number of nitrogens with one attached hydrogen (secondary N) is 2. The largest absolute Gasteiger partial charge is 0.494 e. The van der Waals surface area contributed by atoms with E-state index in [-0.39, 0.29) is 40.0 Å². The Morgan fingerprint density at radius 1 is 0.650 bits per heavy atom. The predicted molar refractivity (Wildman–Crippen MR) is 212 cm³/mol. The van der Waals surface area contributed by atoms with E-state index in [1.165, 1.54) is 49.6 Å². The number of fused-ring (bicyclic) bond motifs is 1. The Kier molecular flexibility index (Phi) is 11.8. The van der Waals surface area contributed by atoms with E-state index in [0.29, 0.717) is 34.8 Å². The van der Waals surface area contributed by atoms with Crippen molar-refractivity contribution in [2.24, 2.45) is 20.5 Å². The maximum atomic E-state index is 12.3. The number of benzene rings is 5. The van der Waals surface area contributed by atoms with Crippen molar-refractivity contribution in [3.63, 3.8) is 0 Å². The van der Waals surface area contributed by atoms with Crippen molar-refractivity contribution in [1.82, 2.24) is 15.0 Å². The SMILES string of the molecule is COc1cc(/N=N/c2cccc(P(=O)(O)O)c2)ccc1Nc1nc(O)nc(Nc2ccc(/N=N/c3cc(S(=O)(=O)O)c4cc(S(=O)(=O)O)cc(S(=O)(=O)O)c4c3)c(C)c2)n1. The summed E-state index contributed by atoms with van der Waals surface area (Å²) in [4.78, 5) is 27.7. The minimum absolute atomic E-state index is 0.110. The quantitative estimate of drug-likeness (QED) is 0.0379. The number of rotatable bonds is 13. The monoisotopic (exact) mass is 901 g/mol. The highest BCUT2D eigenvalue weighted by atomic mass is 32.2. The van der Waals surface area contributed by atoms with Crippen LogP contribution in [0.15, 0.2) is 120 Å². The molecule has 0 saturated heterocycles. The molecule has 6 rings (SSSR count). The molecule has 0 aliphatic heterocycles. The lowest BCUT2D eigenvalue weighted by atomic mass is 10.1. The zero-order chi connectivity index (χ0) is 43.8. The minimum atomic E-state index is -5.23. The molecule has 8 N–H and O–H groups in total. The van der Waals surface area contributed by atoms with Crippen LogP contribution in [-0.2, 0) is 34.9 Å². The van der Waals surface area contributed by atoms with Crippen LogP contribution in [0.25, 0.3) is 10.8 Å². The molecule has 5 aromatic carbocycles. The van der Waals surface area contributed by atoms with Gasteiger partial charge in [-0.05, 0) is 85.3 Å². The van der Waals surface area contributed by atoms with Crippen molar-refractivity contribution in [1.29, 1.82) is 0 Å². The summed E-state index contributed by atoms with van der Waals surface area (Å²) >= 11 is 0. The van der Waals surface area contributed by atoms with Gasteiger partial charge in [0.05, 0.1) is 45.7 Å². The number of methoxy groups -OCH3 is 1. The zero-order valence-electron chi connectivity index (χ0n) is 30.3. The lowest BCUT2D eigenvalue weighted by Gasteiger charge is -2.12. The van der Waals surface area contributed by atoms with Crippen LogP contribution in [-0.4, -0.2) is 75.9 Å². The Hall–Kier alpha value is -6.35. The fourth-order valence-electron chi connectivity index (χ4n) is 5.37. The second-order valence-electron chi connectivity index (χ2n) is 12.3. The molecular formula is C33H28N9O14PS3. The Morgan fingerprint density at radius 3 is 1.88 bits per heavy atom. The summed E-state index contributed by atoms with van der Waals surface area (Å²) in [5.41, 5.74) is 1.57. The molecule has 1 aromatic heterocycles. The summed E-state index contributed by atoms with van der Waals surface area (Å²) in [7, 11) is -18.6. The molecule has 60 heavy (non-hydrogen) atoms. The summed E-state index contributed by atoms with van der Waals surface area (Å²) in [6.07, 6.45) is 0. The van der Waals surface area contributed by atoms with E-state index >= 15 is 0 Å². The van der Waals surface area contributed by atoms with Gasteiger partial charge in [-0.3, -0.25) is 18.2 Å². The Morgan fingerprint density at radius 2 is 1.27 bits per heavy atom. The van der Waals surface area contributed by atoms with Gasteiger partial charge >= 0.3 is 13.6 Å². The first kappa shape index (κ1) is 43.2. The van der Waals surface area contributed by atoms with Gasteiger partial charge in [0, 0.05) is 22.5 Å². The van der Waals surface area contributed by atoms with Crippen molar-refractivity contribution < 1.29 is 63.1 Å². The van der Waals surface area contributed by atoms with Gasteiger partial charge in [-0.1, -0.05) is 6.07 Å². The third-order valence-electron chi connectivity index (χ3n) is 8.03. The lowest BCUT2D eigenvalue weighted by Crippen LogP contribution is -2.07. The summed E-state index contributed by atoms with van der Waals surface area (Å²) in [5.74, 6) is 0.0368. The van der Waals surface area contributed by atoms with E-state index in [0.717, 1.165) is 12.1 Å². The number of hydrogen-bond acceptors (Lipinski definition) is 18. The van der Waals surface area contributed by atoms with Crippen LogP contribution in [0.1, 0.15) is 5.56 Å². The van der Waals surface area contributed by atoms with E-state index < -0.39 is 69.4 Å². The van der Waals surface area contributed by atoms with Crippen LogP contribution in [0.3, 0.4) is 0 Å². The van der Waals surface area contributed by atoms with Crippen LogP contribution >= 0.6 is 7.60 Å². The molecule has 0 unspecified atom stereocenters. The summed E-state index contributed by atoms with van der Waals surface area (Å²) in [6.45, 7) is 1.61. The van der Waals surface area contributed by atoms with Crippen molar-refractivity contribution >= 4 is 100 Å². The maximum Gasteiger partial charge on any atom is 0.356 e. The molecule has 0 aliphatic carbocycles. The van der Waals surface area contributed by atoms with E-state index in [2.05, 4.69) is 46.0 Å². The van der Waals surface area contributed by atoms with E-state index in [1.54, 1.807) is 25.1 Å². The van der Waals surface area contributed by atoms with Gasteiger partial charge in [-0.15, -0.1) is 0 Å². The minimum Gasteiger partial charge on any atom is -0.494 e. The number of aromatic nitrogens is 3. The highest BCUT2D eigenvalue weighted by Gasteiger charge is 2.26. The highest BCUT2D eigenvalue weighted by Crippen LogP contribution is 2.38. The molecule has 0 amide bonds. The van der Waals surface area contributed by atoms with Crippen molar-refractivity contribution in [3.05, 3.63) is 90.5 Å². The van der Waals surface area contributed by atoms with Gasteiger partial charge in [0.2, 0.25) is 11.9 Å². The van der Waals surface area contributed by atoms with E-state index in [4.69, 9.17) is 4.74 Å². The van der Waals surface area contributed by atoms with Crippen LogP contribution in [0.2, 0.25) is 0 Å². The van der Waals surface area contributed by atoms with Gasteiger partial charge in [0.15, 0.2) is 0 Å². The molecule has 23 nitrogen and oxygen atoms in total. The van der Waals surface area contributed by atoms with Gasteiger partial charge < -0.3 is 30.3 Å². The third kappa shape index (κ3) is 10.3. The molecule has 0 radical (unpaired) electrons. The number of anilines is 4. The highest BCUT2D eigenvalue weighted by molar-refractivity contribution is 7.87. The molecule has 6 aromatic rings. The topological polar surface area (TPSA) is 362 Å². The molecule has 0 fully saturated rings. The average molecular weight is 902 g/mol. The van der Waals surface area contributed by atoms with Crippen LogP contribution < -0.4 is 20.7 Å². The van der Waals surface area contributed by atoms with Crippen LogP contribution in [0.4, 0.5) is 46.0 Å². The van der Waals surface area contributed by atoms with E-state index in [9.17, 15) is 58.4 Å². The summed E-state index contributed by atoms with van der Waals surface area (Å²) in [6, 6.07) is 16.6. The Balaban J connectivity index is 1.23. The Labute approximate surface area is 339 Å². The number of azo groups is 2. The maximum absolute atomic E-state index is 12.3. The molecule has 1 heterocycles. The third-order valence-corrected chi connectivity index (χ3v) is 11.6. The van der Waals surface area contributed by atoms with Crippen molar-refractivity contribution in [2.45, 2.75) is 21.6 Å². The number of hydrogen-bond donors (Lipinski definition) is 8. The standard InChI is InChI=1S/C33H28N9O14PS3/c1-17-10-18(6-8-26(17)42-41-21-12-24-25(29(14-21)59(50,51)52)15-23(58(47,48)49)16-30(24)60(53,54)55)34-31-36-32(38-33(43)37-31)35-27-9-7-20(13-28(27)56-2)40-39-19-4-3-5-22(11-19)57(44,45)46/h3-16H,1-2H3,(H2,44,45,46)(H,47,48,49)(H,50,51,52)(H,53,54,55)(H3,34,35,36,37,38,43)/b40-39+,42-41+. The molecule has 0 spiro atoms. The zero-order valence-corrected chi connectivity index (χ0v) is 33.7. The number of nitrogens with zero attached hydrogens (tertiary/aromatic N) is 7. The second-order valence-corrected chi connectivity index (χ2v) is 18.1. The van der Waals surface area contributed by atoms with Crippen molar-refractivity contribution in [3.8, 4) is 11.8 Å². The smallest absolute Gasteiger partial charge is 0.356 e. The first-order valence-electron chi connectivity index (χ1n) is 16.3. The number of aromatic hydroxyl groups is 1. The average Bonchev–Trinajstić information content (AvgIpc) is 3.14. The first-order valence-corrected chi connectivity index (χ1v) is 22.2. The molecule has 27 heteroatoms. The van der Waals surface area contributed by atoms with Gasteiger partial charge in [-0.2, -0.15) is 60.7 Å². The summed E-state index contributed by atoms with van der Waals surface area (Å²) in [5, 5.41) is 30.8.